The molecule has 0 fully saturated rings. The van der Waals surface area contributed by atoms with Crippen molar-refractivity contribution in [3.63, 3.8) is 0 Å². The van der Waals surface area contributed by atoms with Crippen molar-refractivity contribution >= 4 is 11.0 Å². The summed E-state index contributed by atoms with van der Waals surface area (Å²) < 4.78 is 2.29. The summed E-state index contributed by atoms with van der Waals surface area (Å²) in [5, 5.41) is 3.40. The third kappa shape index (κ3) is 3.08. The van der Waals surface area contributed by atoms with E-state index in [2.05, 4.69) is 45.0 Å². The highest BCUT2D eigenvalue weighted by Crippen LogP contribution is 2.16. The second-order valence-electron chi connectivity index (χ2n) is 4.97. The molecule has 21 heavy (non-hydrogen) atoms. The molecule has 3 rings (SSSR count). The van der Waals surface area contributed by atoms with Crippen molar-refractivity contribution in [2.75, 3.05) is 0 Å². The van der Waals surface area contributed by atoms with Crippen LogP contribution in [0.1, 0.15) is 24.9 Å². The molecule has 0 saturated heterocycles. The molecule has 0 aliphatic heterocycles. The zero-order chi connectivity index (χ0) is 14.5. The van der Waals surface area contributed by atoms with Gasteiger partial charge in [-0.15, -0.1) is 0 Å². The van der Waals surface area contributed by atoms with E-state index in [0.29, 0.717) is 0 Å². The fourth-order valence-corrected chi connectivity index (χ4v) is 2.46. The van der Waals surface area contributed by atoms with Gasteiger partial charge in [-0.3, -0.25) is 0 Å². The van der Waals surface area contributed by atoms with Crippen molar-refractivity contribution in [1.82, 2.24) is 24.8 Å². The van der Waals surface area contributed by atoms with E-state index in [1.807, 2.05) is 12.1 Å². The minimum atomic E-state index is 0.720. The van der Waals surface area contributed by atoms with Crippen molar-refractivity contribution in [3.8, 4) is 0 Å². The van der Waals surface area contributed by atoms with Crippen LogP contribution in [0, 0.1) is 0 Å². The summed E-state index contributed by atoms with van der Waals surface area (Å²) in [6.45, 7) is 4.63. The Morgan fingerprint density at radius 3 is 2.86 bits per heavy atom. The lowest BCUT2D eigenvalue weighted by atomic mass is 10.3. The van der Waals surface area contributed by atoms with Crippen LogP contribution in [0.5, 0.6) is 0 Å². The van der Waals surface area contributed by atoms with Gasteiger partial charge < -0.3 is 9.88 Å². The molecule has 108 valence electrons. The maximum Gasteiger partial charge on any atom is 0.123 e. The number of aromatic nitrogens is 4. The van der Waals surface area contributed by atoms with Crippen LogP contribution in [0.3, 0.4) is 0 Å². The molecule has 0 aliphatic carbocycles. The van der Waals surface area contributed by atoms with Gasteiger partial charge in [0, 0.05) is 19.3 Å². The Bertz CT molecular complexity index is 705. The van der Waals surface area contributed by atoms with Crippen LogP contribution in [0.2, 0.25) is 0 Å². The number of imidazole rings is 1. The number of rotatable bonds is 6. The minimum absolute atomic E-state index is 0.720. The highest BCUT2D eigenvalue weighted by molar-refractivity contribution is 5.75. The lowest BCUT2D eigenvalue weighted by Gasteiger charge is -2.08. The van der Waals surface area contributed by atoms with Crippen LogP contribution >= 0.6 is 0 Å². The van der Waals surface area contributed by atoms with Gasteiger partial charge >= 0.3 is 0 Å². The van der Waals surface area contributed by atoms with Crippen molar-refractivity contribution in [1.29, 1.82) is 0 Å². The molecule has 1 aromatic carbocycles. The molecule has 0 radical (unpaired) electrons. The molecule has 0 bridgehead atoms. The summed E-state index contributed by atoms with van der Waals surface area (Å²) >= 11 is 0. The molecule has 2 heterocycles. The fraction of sp³-hybridized carbons (Fsp3) is 0.312. The van der Waals surface area contributed by atoms with Crippen LogP contribution < -0.4 is 5.32 Å². The van der Waals surface area contributed by atoms with E-state index < -0.39 is 0 Å². The zero-order valence-corrected chi connectivity index (χ0v) is 12.2. The topological polar surface area (TPSA) is 55.6 Å². The largest absolute Gasteiger partial charge is 0.327 e. The second-order valence-corrected chi connectivity index (χ2v) is 4.97. The predicted octanol–water partition coefficient (Wildman–Crippen LogP) is 2.53. The Morgan fingerprint density at radius 1 is 1.14 bits per heavy atom. The summed E-state index contributed by atoms with van der Waals surface area (Å²) in [6, 6.07) is 10.2. The first-order valence-electron chi connectivity index (χ1n) is 7.28. The van der Waals surface area contributed by atoms with E-state index in [9.17, 15) is 0 Å². The van der Waals surface area contributed by atoms with E-state index in [4.69, 9.17) is 4.98 Å². The van der Waals surface area contributed by atoms with Gasteiger partial charge in [0.1, 0.15) is 12.2 Å². The van der Waals surface area contributed by atoms with E-state index in [-0.39, 0.29) is 0 Å². The van der Waals surface area contributed by atoms with E-state index in [1.54, 1.807) is 12.5 Å². The molecule has 0 unspecified atom stereocenters. The van der Waals surface area contributed by atoms with Crippen LogP contribution in [0.25, 0.3) is 11.0 Å². The summed E-state index contributed by atoms with van der Waals surface area (Å²) in [5.41, 5.74) is 3.26. The highest BCUT2D eigenvalue weighted by Gasteiger charge is 2.09. The van der Waals surface area contributed by atoms with Crippen molar-refractivity contribution in [3.05, 3.63) is 54.4 Å². The molecule has 1 N–H and O–H groups in total. The summed E-state index contributed by atoms with van der Waals surface area (Å²) in [4.78, 5) is 12.9. The Balaban J connectivity index is 1.75. The lowest BCUT2D eigenvalue weighted by Crippen LogP contribution is -2.17. The molecular weight excluding hydrogens is 262 g/mol. The molecule has 0 saturated carbocycles. The van der Waals surface area contributed by atoms with Crippen molar-refractivity contribution < 1.29 is 0 Å². The van der Waals surface area contributed by atoms with Gasteiger partial charge in [0.2, 0.25) is 0 Å². The standard InChI is InChI=1S/C16H19N5/c1-2-9-21-15-6-4-3-5-14(15)20-16(21)11-18-10-13-7-8-17-12-19-13/h3-8,12,18H,2,9-11H2,1H3. The molecule has 0 aliphatic rings. The second kappa shape index (κ2) is 6.45. The molecule has 0 amide bonds. The molecule has 0 atom stereocenters. The van der Waals surface area contributed by atoms with Gasteiger partial charge in [-0.2, -0.15) is 0 Å². The molecular formula is C16H19N5. The van der Waals surface area contributed by atoms with Crippen LogP contribution in [0.15, 0.2) is 42.9 Å². The maximum absolute atomic E-state index is 4.73. The molecule has 5 heteroatoms. The zero-order valence-electron chi connectivity index (χ0n) is 12.2. The number of benzene rings is 1. The SMILES string of the molecule is CCCn1c(CNCc2ccncn2)nc2ccccc21. The van der Waals surface area contributed by atoms with E-state index >= 15 is 0 Å². The maximum atomic E-state index is 4.73. The van der Waals surface area contributed by atoms with Gasteiger partial charge in [-0.1, -0.05) is 19.1 Å². The number of aryl methyl sites for hydroxylation is 1. The average Bonchev–Trinajstić information content (AvgIpc) is 2.87. The summed E-state index contributed by atoms with van der Waals surface area (Å²) in [6.07, 6.45) is 4.43. The smallest absolute Gasteiger partial charge is 0.123 e. The summed E-state index contributed by atoms with van der Waals surface area (Å²) in [5.74, 6) is 1.08. The Hall–Kier alpha value is -2.27. The first-order valence-corrected chi connectivity index (χ1v) is 7.28. The van der Waals surface area contributed by atoms with Gasteiger partial charge in [-0.25, -0.2) is 15.0 Å². The molecule has 3 aromatic rings. The van der Waals surface area contributed by atoms with Gasteiger partial charge in [-0.05, 0) is 24.6 Å². The third-order valence-electron chi connectivity index (χ3n) is 3.41. The average molecular weight is 281 g/mol. The number of nitrogens with zero attached hydrogens (tertiary/aromatic N) is 4. The van der Waals surface area contributed by atoms with E-state index in [0.717, 1.165) is 43.1 Å². The number of fused-ring (bicyclic) bond motifs is 1. The highest BCUT2D eigenvalue weighted by atomic mass is 15.1. The Labute approximate surface area is 124 Å². The van der Waals surface area contributed by atoms with Crippen molar-refractivity contribution in [2.24, 2.45) is 0 Å². The quantitative estimate of drug-likeness (QED) is 0.754. The monoisotopic (exact) mass is 281 g/mol. The number of nitrogens with one attached hydrogen (secondary N) is 1. The Morgan fingerprint density at radius 2 is 2.05 bits per heavy atom. The van der Waals surface area contributed by atoms with Gasteiger partial charge in [0.05, 0.1) is 23.3 Å². The van der Waals surface area contributed by atoms with Gasteiger partial charge in [0.25, 0.3) is 0 Å². The molecule has 0 spiro atoms. The molecule has 5 nitrogen and oxygen atoms in total. The predicted molar refractivity (Wildman–Crippen MR) is 82.6 cm³/mol. The van der Waals surface area contributed by atoms with Gasteiger partial charge in [0.15, 0.2) is 0 Å². The third-order valence-corrected chi connectivity index (χ3v) is 3.41. The van der Waals surface area contributed by atoms with Crippen molar-refractivity contribution in [2.45, 2.75) is 33.0 Å². The first-order chi connectivity index (χ1) is 10.4. The van der Waals surface area contributed by atoms with Crippen LogP contribution in [-0.2, 0) is 19.6 Å². The number of para-hydroxylation sites is 2. The van der Waals surface area contributed by atoms with Crippen LogP contribution in [0.4, 0.5) is 0 Å². The first kappa shape index (κ1) is 13.7. The lowest BCUT2D eigenvalue weighted by molar-refractivity contribution is 0.593. The van der Waals surface area contributed by atoms with Crippen LogP contribution in [-0.4, -0.2) is 19.5 Å². The Kier molecular flexibility index (Phi) is 4.21. The normalized spacial score (nSPS) is 11.1. The minimum Gasteiger partial charge on any atom is -0.327 e. The molecule has 2 aromatic heterocycles. The fourth-order valence-electron chi connectivity index (χ4n) is 2.46. The van der Waals surface area contributed by atoms with E-state index in [1.165, 1.54) is 5.52 Å². The number of hydrogen-bond donors (Lipinski definition) is 1. The summed E-state index contributed by atoms with van der Waals surface area (Å²) in [7, 11) is 0. The number of hydrogen-bond acceptors (Lipinski definition) is 4.